The standard InChI is InChI=1S/C41H57N3O9S/c1-7-51-31(3)27-50-28-32-11-14-34(15-12-32)37-24-35(25-41(45)42(4)49-6)44(54(46,47)36-16-9-30(2)10-17-36)26-40(37)53-29-33-13-18-39-38(23-33)43(20-22-52-39)19-8-21-48-5/h9-18,23,31,35,37,40H,7-8,19-22,24-29H2,1-6H3/t31-,35-,37-,40+/m1/s1. The van der Waals surface area contributed by atoms with Gasteiger partial charge >= 0.3 is 0 Å². The molecule has 1 saturated heterocycles. The maximum absolute atomic E-state index is 14.4. The van der Waals surface area contributed by atoms with Crippen molar-refractivity contribution in [3.8, 4) is 5.75 Å². The Morgan fingerprint density at radius 1 is 1.02 bits per heavy atom. The molecule has 13 heteroatoms. The zero-order valence-corrected chi connectivity index (χ0v) is 33.4. The molecule has 2 heterocycles. The molecule has 296 valence electrons. The summed E-state index contributed by atoms with van der Waals surface area (Å²) < 4.78 is 59.8. The lowest BCUT2D eigenvalue weighted by Crippen LogP contribution is -2.53. The molecule has 0 radical (unpaired) electrons. The maximum atomic E-state index is 14.4. The maximum Gasteiger partial charge on any atom is 0.247 e. The number of aryl methyl sites for hydroxylation is 1. The number of methoxy groups -OCH3 is 1. The molecule has 54 heavy (non-hydrogen) atoms. The lowest BCUT2D eigenvalue weighted by atomic mass is 9.83. The molecule has 0 aliphatic carbocycles. The lowest BCUT2D eigenvalue weighted by molar-refractivity contribution is -0.170. The van der Waals surface area contributed by atoms with E-state index in [2.05, 4.69) is 23.1 Å². The fourth-order valence-electron chi connectivity index (χ4n) is 7.07. The predicted molar refractivity (Wildman–Crippen MR) is 207 cm³/mol. The Balaban J connectivity index is 1.44. The highest BCUT2D eigenvalue weighted by atomic mass is 32.2. The normalized spacial score (nSPS) is 19.6. The number of sulfonamides is 1. The number of carbonyl (C=O) groups is 1. The van der Waals surface area contributed by atoms with Gasteiger partial charge in [-0.15, -0.1) is 0 Å². The number of hydrogen-bond donors (Lipinski definition) is 0. The van der Waals surface area contributed by atoms with Gasteiger partial charge in [0.1, 0.15) is 12.4 Å². The molecule has 3 aromatic rings. The number of benzene rings is 3. The highest BCUT2D eigenvalue weighted by Gasteiger charge is 2.44. The third-order valence-corrected chi connectivity index (χ3v) is 12.0. The van der Waals surface area contributed by atoms with Gasteiger partial charge in [-0.3, -0.25) is 9.63 Å². The zero-order valence-electron chi connectivity index (χ0n) is 32.6. The fraction of sp³-hybridized carbons (Fsp3) is 0.537. The molecule has 0 unspecified atom stereocenters. The minimum Gasteiger partial charge on any atom is -0.490 e. The zero-order chi connectivity index (χ0) is 38.7. The van der Waals surface area contributed by atoms with Crippen molar-refractivity contribution in [1.29, 1.82) is 0 Å². The highest BCUT2D eigenvalue weighted by Crippen LogP contribution is 2.39. The summed E-state index contributed by atoms with van der Waals surface area (Å²) in [6.45, 7) is 10.7. The van der Waals surface area contributed by atoms with Crippen LogP contribution in [0.2, 0.25) is 0 Å². The van der Waals surface area contributed by atoms with Crippen LogP contribution in [0.15, 0.2) is 71.6 Å². The molecule has 1 fully saturated rings. The van der Waals surface area contributed by atoms with Crippen LogP contribution in [0.25, 0.3) is 0 Å². The molecule has 0 bridgehead atoms. The van der Waals surface area contributed by atoms with Crippen LogP contribution < -0.4 is 9.64 Å². The summed E-state index contributed by atoms with van der Waals surface area (Å²) in [7, 11) is 0.655. The molecule has 2 aliphatic rings. The van der Waals surface area contributed by atoms with Gasteiger partial charge in [-0.05, 0) is 74.6 Å². The van der Waals surface area contributed by atoms with Gasteiger partial charge in [-0.2, -0.15) is 4.31 Å². The quantitative estimate of drug-likeness (QED) is 0.111. The molecule has 0 N–H and O–H groups in total. The molecule has 3 aromatic carbocycles. The van der Waals surface area contributed by atoms with E-state index in [4.69, 9.17) is 28.5 Å². The Kier molecular flexibility index (Phi) is 15.3. The van der Waals surface area contributed by atoms with Crippen LogP contribution >= 0.6 is 0 Å². The molecule has 0 spiro atoms. The fourth-order valence-corrected chi connectivity index (χ4v) is 8.72. The number of hydrogen-bond acceptors (Lipinski definition) is 10. The van der Waals surface area contributed by atoms with Gasteiger partial charge in [0.15, 0.2) is 0 Å². The van der Waals surface area contributed by atoms with E-state index in [9.17, 15) is 13.2 Å². The summed E-state index contributed by atoms with van der Waals surface area (Å²) in [6, 6.07) is 20.4. The number of ether oxygens (including phenoxy) is 5. The van der Waals surface area contributed by atoms with Crippen molar-refractivity contribution in [2.75, 3.05) is 72.2 Å². The van der Waals surface area contributed by atoms with Crippen LogP contribution in [0.1, 0.15) is 61.3 Å². The second kappa shape index (κ2) is 19.9. The van der Waals surface area contributed by atoms with Crippen LogP contribution in [0.5, 0.6) is 5.75 Å². The van der Waals surface area contributed by atoms with Crippen molar-refractivity contribution < 1.29 is 41.7 Å². The van der Waals surface area contributed by atoms with Gasteiger partial charge < -0.3 is 28.6 Å². The van der Waals surface area contributed by atoms with Crippen LogP contribution in [-0.2, 0) is 51.8 Å². The molecule has 0 aromatic heterocycles. The molecule has 2 aliphatic heterocycles. The number of rotatable bonds is 19. The lowest BCUT2D eigenvalue weighted by Gasteiger charge is -2.43. The van der Waals surface area contributed by atoms with E-state index in [-0.39, 0.29) is 42.4 Å². The number of carbonyl (C=O) groups excluding carboxylic acids is 1. The van der Waals surface area contributed by atoms with E-state index >= 15 is 0 Å². The van der Waals surface area contributed by atoms with E-state index < -0.39 is 22.2 Å². The highest BCUT2D eigenvalue weighted by molar-refractivity contribution is 7.89. The van der Waals surface area contributed by atoms with Gasteiger partial charge in [0.05, 0.1) is 56.3 Å². The monoisotopic (exact) mass is 767 g/mol. The number of amides is 1. The number of hydroxylamine groups is 2. The summed E-state index contributed by atoms with van der Waals surface area (Å²) in [5, 5.41) is 1.15. The summed E-state index contributed by atoms with van der Waals surface area (Å²) in [5.74, 6) is 0.308. The summed E-state index contributed by atoms with van der Waals surface area (Å²) in [5.41, 5.74) is 4.93. The number of piperidine rings is 1. The second-order valence-electron chi connectivity index (χ2n) is 14.0. The first-order valence-corrected chi connectivity index (χ1v) is 20.3. The molecule has 12 nitrogen and oxygen atoms in total. The van der Waals surface area contributed by atoms with Gasteiger partial charge in [-0.25, -0.2) is 13.5 Å². The summed E-state index contributed by atoms with van der Waals surface area (Å²) in [4.78, 5) is 21.0. The first-order valence-electron chi connectivity index (χ1n) is 18.8. The smallest absolute Gasteiger partial charge is 0.247 e. The van der Waals surface area contributed by atoms with Crippen LogP contribution in [0, 0.1) is 6.92 Å². The van der Waals surface area contributed by atoms with E-state index in [0.29, 0.717) is 39.5 Å². The van der Waals surface area contributed by atoms with Crippen LogP contribution in [0.3, 0.4) is 0 Å². The minimum absolute atomic E-state index is 0.00623. The van der Waals surface area contributed by atoms with Crippen molar-refractivity contribution in [2.24, 2.45) is 0 Å². The predicted octanol–water partition coefficient (Wildman–Crippen LogP) is 5.71. The van der Waals surface area contributed by atoms with Crippen molar-refractivity contribution in [2.45, 2.75) is 82.3 Å². The van der Waals surface area contributed by atoms with Crippen molar-refractivity contribution >= 4 is 21.6 Å². The summed E-state index contributed by atoms with van der Waals surface area (Å²) >= 11 is 0. The largest absolute Gasteiger partial charge is 0.490 e. The van der Waals surface area contributed by atoms with Crippen LogP contribution in [0.4, 0.5) is 5.69 Å². The first-order chi connectivity index (χ1) is 26.0. The minimum atomic E-state index is -4.00. The Hall–Kier alpha value is -3.56. The van der Waals surface area contributed by atoms with Gasteiger partial charge in [0, 0.05) is 58.8 Å². The van der Waals surface area contributed by atoms with E-state index in [0.717, 1.165) is 58.3 Å². The SMILES string of the molecule is CCO[C@H](C)COCc1ccc([C@H]2C[C@H](CC(=O)N(C)OC)N(S(=O)(=O)c3ccc(C)cc3)C[C@@H]2OCc2ccc3c(c2)N(CCCOC)CCO3)cc1. The second-order valence-corrected chi connectivity index (χ2v) is 15.9. The third kappa shape index (κ3) is 10.8. The Morgan fingerprint density at radius 3 is 2.46 bits per heavy atom. The number of fused-ring (bicyclic) bond motifs is 1. The number of nitrogens with zero attached hydrogens (tertiary/aromatic N) is 3. The number of anilines is 1. The summed E-state index contributed by atoms with van der Waals surface area (Å²) in [6.07, 6.45) is 0.702. The van der Waals surface area contributed by atoms with E-state index in [1.54, 1.807) is 31.4 Å². The molecule has 5 rings (SSSR count). The van der Waals surface area contributed by atoms with Gasteiger partial charge in [0.2, 0.25) is 15.9 Å². The van der Waals surface area contributed by atoms with E-state index in [1.807, 2.05) is 45.0 Å². The molecule has 1 amide bonds. The van der Waals surface area contributed by atoms with Crippen LogP contribution in [-0.4, -0.2) is 109 Å². The Morgan fingerprint density at radius 2 is 1.76 bits per heavy atom. The van der Waals surface area contributed by atoms with E-state index in [1.165, 1.54) is 18.5 Å². The van der Waals surface area contributed by atoms with Crippen molar-refractivity contribution in [3.63, 3.8) is 0 Å². The van der Waals surface area contributed by atoms with Gasteiger partial charge in [0.25, 0.3) is 0 Å². The molecular formula is C41H57N3O9S. The van der Waals surface area contributed by atoms with Crippen molar-refractivity contribution in [3.05, 3.63) is 89.0 Å². The van der Waals surface area contributed by atoms with Crippen molar-refractivity contribution in [1.82, 2.24) is 9.37 Å². The third-order valence-electron chi connectivity index (χ3n) is 10.1. The average Bonchev–Trinajstić information content (AvgIpc) is 3.17. The first kappa shape index (κ1) is 41.6. The Bertz CT molecular complexity index is 1740. The topological polar surface area (TPSA) is 116 Å². The Labute approximate surface area is 321 Å². The van der Waals surface area contributed by atoms with Gasteiger partial charge in [-0.1, -0.05) is 48.0 Å². The molecule has 4 atom stereocenters. The average molecular weight is 768 g/mol. The molecular weight excluding hydrogens is 711 g/mol. The molecule has 0 saturated carbocycles.